The summed E-state index contributed by atoms with van der Waals surface area (Å²) in [7, 11) is 0. The van der Waals surface area contributed by atoms with Crippen LogP contribution in [0.4, 0.5) is 0 Å². The van der Waals surface area contributed by atoms with Crippen molar-refractivity contribution >= 4 is 23.0 Å². The lowest BCUT2D eigenvalue weighted by molar-refractivity contribution is -0.124. The number of carbonyl (C=O) groups is 1. The smallest absolute Gasteiger partial charge is 0.267 e. The maximum Gasteiger partial charge on any atom is 0.267 e. The molecule has 3 aromatic rings. The molecule has 24 heavy (non-hydrogen) atoms. The summed E-state index contributed by atoms with van der Waals surface area (Å²) in [6, 6.07) is 6.99. The van der Waals surface area contributed by atoms with Gasteiger partial charge in [-0.3, -0.25) is 10.0 Å². The number of aromatic nitrogens is 5. The lowest BCUT2D eigenvalue weighted by Crippen LogP contribution is -2.24. The molecule has 2 heterocycles. The highest BCUT2D eigenvalue weighted by Crippen LogP contribution is 2.22. The van der Waals surface area contributed by atoms with Gasteiger partial charge in [0.25, 0.3) is 5.91 Å². The van der Waals surface area contributed by atoms with Gasteiger partial charge in [0, 0.05) is 6.08 Å². The number of carbonyl (C=O) groups excluding carboxylic acids is 1. The van der Waals surface area contributed by atoms with Gasteiger partial charge in [-0.1, -0.05) is 17.3 Å². The second-order valence-electron chi connectivity index (χ2n) is 5.26. The number of amides is 1. The van der Waals surface area contributed by atoms with Crippen LogP contribution in [0.3, 0.4) is 0 Å². The van der Waals surface area contributed by atoms with Gasteiger partial charge < -0.3 is 10.1 Å². The summed E-state index contributed by atoms with van der Waals surface area (Å²) in [5.41, 5.74) is 3.54. The number of aliphatic hydroxyl groups is 1. The van der Waals surface area contributed by atoms with E-state index in [0.29, 0.717) is 11.5 Å². The SMILES string of the molecule is CC(O)C(c1nc2ccccc2[nH]1)n1cc(C=CC(=O)NO)nn1. The topological polar surface area (TPSA) is 129 Å². The third-order valence-electron chi connectivity index (χ3n) is 3.47. The van der Waals surface area contributed by atoms with E-state index in [0.717, 1.165) is 17.1 Å². The van der Waals surface area contributed by atoms with Crippen LogP contribution in [0.15, 0.2) is 36.5 Å². The number of aliphatic hydroxyl groups excluding tert-OH is 1. The van der Waals surface area contributed by atoms with Crippen molar-refractivity contribution in [3.05, 3.63) is 48.1 Å². The number of aromatic amines is 1. The second kappa shape index (κ2) is 6.60. The summed E-state index contributed by atoms with van der Waals surface area (Å²) < 4.78 is 1.47. The van der Waals surface area contributed by atoms with Crippen molar-refractivity contribution < 1.29 is 15.1 Å². The van der Waals surface area contributed by atoms with Crippen molar-refractivity contribution in [3.8, 4) is 0 Å². The van der Waals surface area contributed by atoms with E-state index in [1.54, 1.807) is 13.1 Å². The van der Waals surface area contributed by atoms with Crippen molar-refractivity contribution in [3.63, 3.8) is 0 Å². The van der Waals surface area contributed by atoms with Crippen molar-refractivity contribution in [2.45, 2.75) is 19.1 Å². The first-order chi connectivity index (χ1) is 11.6. The highest BCUT2D eigenvalue weighted by molar-refractivity contribution is 5.90. The fraction of sp³-hybridized carbons (Fsp3) is 0.200. The number of para-hydroxylation sites is 2. The van der Waals surface area contributed by atoms with Crippen molar-refractivity contribution in [2.75, 3.05) is 0 Å². The number of hydroxylamine groups is 1. The van der Waals surface area contributed by atoms with Gasteiger partial charge in [-0.05, 0) is 25.1 Å². The number of H-pyrrole nitrogens is 1. The number of rotatable bonds is 5. The molecule has 3 rings (SSSR count). The number of hydrogen-bond donors (Lipinski definition) is 4. The average Bonchev–Trinajstić information content (AvgIpc) is 3.19. The van der Waals surface area contributed by atoms with Gasteiger partial charge in [-0.25, -0.2) is 15.1 Å². The molecule has 0 saturated heterocycles. The summed E-state index contributed by atoms with van der Waals surface area (Å²) >= 11 is 0. The molecule has 2 unspecified atom stereocenters. The molecule has 0 spiro atoms. The first-order valence-corrected chi connectivity index (χ1v) is 7.25. The van der Waals surface area contributed by atoms with Crippen molar-refractivity contribution in [2.24, 2.45) is 0 Å². The zero-order valence-corrected chi connectivity index (χ0v) is 12.8. The molecule has 9 nitrogen and oxygen atoms in total. The molecule has 2 aromatic heterocycles. The van der Waals surface area contributed by atoms with E-state index in [4.69, 9.17) is 5.21 Å². The predicted molar refractivity (Wildman–Crippen MR) is 84.9 cm³/mol. The Kier molecular flexibility index (Phi) is 4.36. The molecule has 0 fully saturated rings. The number of benzene rings is 1. The van der Waals surface area contributed by atoms with Gasteiger partial charge in [-0.2, -0.15) is 0 Å². The minimum Gasteiger partial charge on any atom is -0.391 e. The minimum absolute atomic E-state index is 0.403. The molecule has 4 N–H and O–H groups in total. The van der Waals surface area contributed by atoms with E-state index >= 15 is 0 Å². The third-order valence-corrected chi connectivity index (χ3v) is 3.47. The lowest BCUT2D eigenvalue weighted by Gasteiger charge is -2.17. The Morgan fingerprint density at radius 2 is 2.21 bits per heavy atom. The predicted octanol–water partition coefficient (Wildman–Crippen LogP) is 0.643. The quantitative estimate of drug-likeness (QED) is 0.309. The van der Waals surface area contributed by atoms with Crippen LogP contribution >= 0.6 is 0 Å². The summed E-state index contributed by atoms with van der Waals surface area (Å²) in [6.45, 7) is 1.63. The monoisotopic (exact) mass is 328 g/mol. The van der Waals surface area contributed by atoms with Crippen LogP contribution in [-0.2, 0) is 4.79 Å². The Labute approximate surface area is 136 Å². The van der Waals surface area contributed by atoms with Crippen LogP contribution in [-0.4, -0.2) is 47.3 Å². The van der Waals surface area contributed by atoms with E-state index in [-0.39, 0.29) is 0 Å². The first-order valence-electron chi connectivity index (χ1n) is 7.25. The van der Waals surface area contributed by atoms with E-state index in [2.05, 4.69) is 20.3 Å². The number of hydrogen-bond acceptors (Lipinski definition) is 6. The first kappa shape index (κ1) is 15.8. The number of fused-ring (bicyclic) bond motifs is 1. The van der Waals surface area contributed by atoms with Crippen LogP contribution < -0.4 is 5.48 Å². The van der Waals surface area contributed by atoms with E-state index in [1.165, 1.54) is 16.2 Å². The molecule has 0 aliphatic carbocycles. The molecule has 1 aromatic carbocycles. The second-order valence-corrected chi connectivity index (χ2v) is 5.26. The van der Waals surface area contributed by atoms with Gasteiger partial charge in [0.1, 0.15) is 17.6 Å². The molecule has 0 saturated carbocycles. The maximum atomic E-state index is 11.0. The van der Waals surface area contributed by atoms with Crippen LogP contribution in [0, 0.1) is 0 Å². The molecule has 124 valence electrons. The summed E-state index contributed by atoms with van der Waals surface area (Å²) in [5.74, 6) is -0.117. The minimum atomic E-state index is -0.773. The van der Waals surface area contributed by atoms with E-state index in [9.17, 15) is 9.90 Å². The van der Waals surface area contributed by atoms with Crippen molar-refractivity contribution in [1.82, 2.24) is 30.4 Å². The Balaban J connectivity index is 1.93. The van der Waals surface area contributed by atoms with E-state index in [1.807, 2.05) is 24.3 Å². The number of imidazole rings is 1. The molecular weight excluding hydrogens is 312 g/mol. The van der Waals surface area contributed by atoms with Crippen LogP contribution in [0.2, 0.25) is 0 Å². The molecule has 1 amide bonds. The average molecular weight is 328 g/mol. The Bertz CT molecular complexity index is 849. The molecule has 0 aliphatic heterocycles. The normalized spacial score (nSPS) is 14.1. The molecule has 9 heteroatoms. The fourth-order valence-corrected chi connectivity index (χ4v) is 2.39. The van der Waals surface area contributed by atoms with E-state index < -0.39 is 18.1 Å². The standard InChI is InChI=1S/C15H16N6O3/c1-9(22)14(15-16-11-4-2-3-5-12(11)17-15)21-8-10(18-20-21)6-7-13(23)19-24/h2-9,14,22,24H,1H3,(H,16,17)(H,19,23). The summed E-state index contributed by atoms with van der Waals surface area (Å²) in [6.07, 6.45) is 3.32. The van der Waals surface area contributed by atoms with Crippen LogP contribution in [0.25, 0.3) is 17.1 Å². The molecular formula is C15H16N6O3. The molecule has 2 atom stereocenters. The Morgan fingerprint density at radius 1 is 1.42 bits per heavy atom. The molecule has 0 radical (unpaired) electrons. The van der Waals surface area contributed by atoms with Crippen LogP contribution in [0.1, 0.15) is 24.5 Å². The lowest BCUT2D eigenvalue weighted by atomic mass is 10.2. The van der Waals surface area contributed by atoms with Gasteiger partial charge in [-0.15, -0.1) is 5.10 Å². The molecule has 0 aliphatic rings. The fourth-order valence-electron chi connectivity index (χ4n) is 2.39. The van der Waals surface area contributed by atoms with Gasteiger partial charge >= 0.3 is 0 Å². The Morgan fingerprint density at radius 3 is 2.92 bits per heavy atom. The maximum absolute atomic E-state index is 11.0. The van der Waals surface area contributed by atoms with Gasteiger partial charge in [0.15, 0.2) is 0 Å². The summed E-state index contributed by atoms with van der Waals surface area (Å²) in [4.78, 5) is 18.7. The highest BCUT2D eigenvalue weighted by Gasteiger charge is 2.24. The van der Waals surface area contributed by atoms with Crippen LogP contribution in [0.5, 0.6) is 0 Å². The van der Waals surface area contributed by atoms with Crippen molar-refractivity contribution in [1.29, 1.82) is 0 Å². The highest BCUT2D eigenvalue weighted by atomic mass is 16.5. The zero-order chi connectivity index (χ0) is 17.1. The Hall–Kier alpha value is -3.04. The zero-order valence-electron chi connectivity index (χ0n) is 12.8. The van der Waals surface area contributed by atoms with Gasteiger partial charge in [0.05, 0.1) is 23.3 Å². The third kappa shape index (κ3) is 3.16. The van der Waals surface area contributed by atoms with Gasteiger partial charge in [0.2, 0.25) is 0 Å². The largest absolute Gasteiger partial charge is 0.391 e. The number of nitrogens with one attached hydrogen (secondary N) is 2. The molecule has 0 bridgehead atoms. The number of nitrogens with zero attached hydrogens (tertiary/aromatic N) is 4. The summed E-state index contributed by atoms with van der Waals surface area (Å²) in [5, 5.41) is 26.5.